The zero-order valence-electron chi connectivity index (χ0n) is 10.4. The molecular weight excluding hydrogens is 270 g/mol. The number of carbonyl (C=O) groups is 1. The Bertz CT molecular complexity index is 600. The second kappa shape index (κ2) is 5.06. The molecule has 0 saturated carbocycles. The minimum absolute atomic E-state index is 0.109. The molecule has 0 aliphatic carbocycles. The molecule has 1 amide bonds. The van der Waals surface area contributed by atoms with Gasteiger partial charge in [0.15, 0.2) is 0 Å². The monoisotopic (exact) mass is 285 g/mol. The Morgan fingerprint density at radius 3 is 2.79 bits per heavy atom. The first-order valence-corrected chi connectivity index (χ1v) is 7.18. The van der Waals surface area contributed by atoms with E-state index in [4.69, 9.17) is 5.73 Å². The summed E-state index contributed by atoms with van der Waals surface area (Å²) in [4.78, 5) is 11.2. The number of carbonyl (C=O) groups excluding carboxylic acids is 1. The molecule has 8 heteroatoms. The molecule has 1 aliphatic heterocycles. The van der Waals surface area contributed by atoms with Crippen molar-refractivity contribution in [3.8, 4) is 0 Å². The van der Waals surface area contributed by atoms with Crippen molar-refractivity contribution < 1.29 is 17.9 Å². The Hall–Kier alpha value is -1.80. The van der Waals surface area contributed by atoms with Crippen LogP contribution in [0, 0.1) is 0 Å². The summed E-state index contributed by atoms with van der Waals surface area (Å²) in [5.74, 6) is 0. The third-order valence-corrected chi connectivity index (χ3v) is 4.11. The maximum absolute atomic E-state index is 12.0. The summed E-state index contributed by atoms with van der Waals surface area (Å²) in [6, 6.07) is 5.23. The third kappa shape index (κ3) is 2.96. The van der Waals surface area contributed by atoms with Gasteiger partial charge in [-0.15, -0.1) is 0 Å². The molecule has 0 spiro atoms. The summed E-state index contributed by atoms with van der Waals surface area (Å²) in [7, 11) is -3.89. The van der Waals surface area contributed by atoms with E-state index in [2.05, 4.69) is 4.74 Å². The van der Waals surface area contributed by atoms with Crippen molar-refractivity contribution >= 4 is 22.0 Å². The van der Waals surface area contributed by atoms with Gasteiger partial charge in [0.2, 0.25) is 0 Å². The number of nitrogens with two attached hydrogens (primary N) is 1. The number of hydrogen-bond acceptors (Lipinski definition) is 5. The van der Waals surface area contributed by atoms with E-state index >= 15 is 0 Å². The summed E-state index contributed by atoms with van der Waals surface area (Å²) < 4.78 is 31.5. The van der Waals surface area contributed by atoms with E-state index in [-0.39, 0.29) is 19.7 Å². The number of benzene rings is 1. The topological polar surface area (TPSA) is 102 Å². The molecule has 0 saturated heterocycles. The van der Waals surface area contributed by atoms with Gasteiger partial charge >= 0.3 is 16.3 Å². The van der Waals surface area contributed by atoms with Crippen molar-refractivity contribution in [2.75, 3.05) is 12.3 Å². The van der Waals surface area contributed by atoms with Gasteiger partial charge in [-0.25, -0.2) is 9.52 Å². The number of anilines is 1. The van der Waals surface area contributed by atoms with Crippen LogP contribution in [0.5, 0.6) is 0 Å². The van der Waals surface area contributed by atoms with Crippen molar-refractivity contribution in [1.82, 2.24) is 9.03 Å². The molecule has 0 fully saturated rings. The highest BCUT2D eigenvalue weighted by molar-refractivity contribution is 7.87. The summed E-state index contributed by atoms with van der Waals surface area (Å²) >= 11 is 0. The van der Waals surface area contributed by atoms with Gasteiger partial charge in [-0.3, -0.25) is 0 Å². The standard InChI is InChI=1S/C11H15N3O4S/c1-2-18-11(15)13-19(16,17)14-6-8-3-4-10(12)5-9(8)7-14/h3-5H,2,6-7,12H2,1H3,(H,13,15). The van der Waals surface area contributed by atoms with E-state index in [1.54, 1.807) is 25.1 Å². The average molecular weight is 285 g/mol. The molecule has 0 bridgehead atoms. The number of hydrogen-bond donors (Lipinski definition) is 2. The molecule has 0 unspecified atom stereocenters. The summed E-state index contributed by atoms with van der Waals surface area (Å²) in [6.45, 7) is 2.11. The van der Waals surface area contributed by atoms with Gasteiger partial charge in [-0.1, -0.05) is 6.07 Å². The maximum Gasteiger partial charge on any atom is 0.421 e. The van der Waals surface area contributed by atoms with Crippen LogP contribution in [-0.4, -0.2) is 25.4 Å². The molecule has 7 nitrogen and oxygen atoms in total. The zero-order valence-corrected chi connectivity index (χ0v) is 11.2. The van der Waals surface area contributed by atoms with Crippen molar-refractivity contribution in [3.05, 3.63) is 29.3 Å². The van der Waals surface area contributed by atoms with E-state index in [9.17, 15) is 13.2 Å². The zero-order chi connectivity index (χ0) is 14.0. The van der Waals surface area contributed by atoms with Crippen LogP contribution in [0.2, 0.25) is 0 Å². The number of ether oxygens (including phenoxy) is 1. The van der Waals surface area contributed by atoms with E-state index in [0.29, 0.717) is 5.69 Å². The molecule has 104 valence electrons. The van der Waals surface area contributed by atoms with E-state index < -0.39 is 16.3 Å². The van der Waals surface area contributed by atoms with Crippen LogP contribution in [0.4, 0.5) is 10.5 Å². The number of nitrogen functional groups attached to an aromatic ring is 1. The molecule has 3 N–H and O–H groups in total. The van der Waals surface area contributed by atoms with Crippen LogP contribution in [-0.2, 0) is 28.0 Å². The Kier molecular flexibility index (Phi) is 3.63. The number of nitrogens with one attached hydrogen (secondary N) is 1. The average Bonchev–Trinajstić information content (AvgIpc) is 2.72. The number of nitrogens with zero attached hydrogens (tertiary/aromatic N) is 1. The van der Waals surface area contributed by atoms with Gasteiger partial charge in [-0.2, -0.15) is 12.7 Å². The first kappa shape index (κ1) is 13.6. The molecule has 1 aliphatic rings. The van der Waals surface area contributed by atoms with E-state index in [1.165, 1.54) is 0 Å². The first-order chi connectivity index (χ1) is 8.92. The van der Waals surface area contributed by atoms with Crippen LogP contribution >= 0.6 is 0 Å². The van der Waals surface area contributed by atoms with Crippen molar-refractivity contribution in [2.24, 2.45) is 0 Å². The Labute approximate surface area is 111 Å². The first-order valence-electron chi connectivity index (χ1n) is 5.74. The number of rotatable bonds is 3. The van der Waals surface area contributed by atoms with Crippen LogP contribution in [0.15, 0.2) is 18.2 Å². The lowest BCUT2D eigenvalue weighted by molar-refractivity contribution is 0.158. The van der Waals surface area contributed by atoms with Crippen LogP contribution < -0.4 is 10.5 Å². The molecule has 1 aromatic rings. The van der Waals surface area contributed by atoms with Gasteiger partial charge in [0.25, 0.3) is 0 Å². The fourth-order valence-electron chi connectivity index (χ4n) is 1.88. The molecule has 1 aromatic carbocycles. The molecule has 0 radical (unpaired) electrons. The molecule has 19 heavy (non-hydrogen) atoms. The minimum atomic E-state index is -3.89. The fraction of sp³-hybridized carbons (Fsp3) is 0.364. The lowest BCUT2D eigenvalue weighted by atomic mass is 10.1. The predicted octanol–water partition coefficient (Wildman–Crippen LogP) is 0.575. The summed E-state index contributed by atoms with van der Waals surface area (Å²) in [5, 5.41) is 0. The lowest BCUT2D eigenvalue weighted by Gasteiger charge is -2.15. The van der Waals surface area contributed by atoms with Gasteiger partial charge < -0.3 is 10.5 Å². The van der Waals surface area contributed by atoms with Gasteiger partial charge in [0, 0.05) is 18.8 Å². The van der Waals surface area contributed by atoms with E-state index in [0.717, 1.165) is 15.4 Å². The molecule has 0 atom stereocenters. The molecule has 1 heterocycles. The molecular formula is C11H15N3O4S. The summed E-state index contributed by atoms with van der Waals surface area (Å²) in [5.41, 5.74) is 7.95. The highest BCUT2D eigenvalue weighted by Gasteiger charge is 2.30. The quantitative estimate of drug-likeness (QED) is 0.791. The highest BCUT2D eigenvalue weighted by Crippen LogP contribution is 2.26. The summed E-state index contributed by atoms with van der Waals surface area (Å²) in [6.07, 6.45) is -0.974. The number of amides is 1. The van der Waals surface area contributed by atoms with Crippen LogP contribution in [0.25, 0.3) is 0 Å². The SMILES string of the molecule is CCOC(=O)NS(=O)(=O)N1Cc2ccc(N)cc2C1. The Balaban J connectivity index is 2.11. The lowest BCUT2D eigenvalue weighted by Crippen LogP contribution is -2.41. The van der Waals surface area contributed by atoms with Crippen molar-refractivity contribution in [1.29, 1.82) is 0 Å². The highest BCUT2D eigenvalue weighted by atomic mass is 32.2. The van der Waals surface area contributed by atoms with Crippen molar-refractivity contribution in [2.45, 2.75) is 20.0 Å². The Morgan fingerprint density at radius 2 is 2.11 bits per heavy atom. The molecule has 2 rings (SSSR count). The van der Waals surface area contributed by atoms with Gasteiger partial charge in [-0.05, 0) is 30.2 Å². The van der Waals surface area contributed by atoms with Crippen LogP contribution in [0.3, 0.4) is 0 Å². The third-order valence-electron chi connectivity index (χ3n) is 2.75. The largest absolute Gasteiger partial charge is 0.449 e. The second-order valence-corrected chi connectivity index (χ2v) is 5.79. The normalized spacial score (nSPS) is 15.0. The number of fused-ring (bicyclic) bond motifs is 1. The fourth-order valence-corrected chi connectivity index (χ4v) is 2.90. The second-order valence-electron chi connectivity index (χ2n) is 4.12. The van der Waals surface area contributed by atoms with Crippen molar-refractivity contribution in [3.63, 3.8) is 0 Å². The predicted molar refractivity (Wildman–Crippen MR) is 69.2 cm³/mol. The smallest absolute Gasteiger partial charge is 0.421 e. The Morgan fingerprint density at radius 1 is 1.42 bits per heavy atom. The van der Waals surface area contributed by atoms with Gasteiger partial charge in [0.1, 0.15) is 0 Å². The minimum Gasteiger partial charge on any atom is -0.449 e. The van der Waals surface area contributed by atoms with Crippen LogP contribution in [0.1, 0.15) is 18.1 Å². The van der Waals surface area contributed by atoms with Gasteiger partial charge in [0.05, 0.1) is 6.61 Å². The maximum atomic E-state index is 12.0. The molecule has 0 aromatic heterocycles. The van der Waals surface area contributed by atoms with E-state index in [1.807, 2.05) is 4.72 Å².